The first-order valence-corrected chi connectivity index (χ1v) is 9.20. The molecule has 3 heterocycles. The number of piperidine rings is 1. The molecule has 4 rings (SSSR count). The maximum Gasteiger partial charge on any atom is 0.123 e. The summed E-state index contributed by atoms with van der Waals surface area (Å²) in [7, 11) is 0. The predicted octanol–water partition coefficient (Wildman–Crippen LogP) is 3.64. The van der Waals surface area contributed by atoms with Gasteiger partial charge in [0.05, 0.1) is 11.4 Å². The number of nitrogens with zero attached hydrogens (tertiary/aromatic N) is 3. The fourth-order valence-electron chi connectivity index (χ4n) is 4.09. The molecule has 0 saturated carbocycles. The molecule has 132 valence electrons. The van der Waals surface area contributed by atoms with Crippen LogP contribution in [0.1, 0.15) is 37.3 Å². The molecule has 25 heavy (non-hydrogen) atoms. The molecule has 2 saturated heterocycles. The molecule has 1 aromatic heterocycles. The normalized spacial score (nSPS) is 22.8. The molecule has 0 radical (unpaired) electrons. The number of likely N-dealkylation sites (tertiary alicyclic amines) is 1. The van der Waals surface area contributed by atoms with Gasteiger partial charge in [0.25, 0.3) is 0 Å². The first-order valence-electron chi connectivity index (χ1n) is 9.20. The Morgan fingerprint density at radius 1 is 1.00 bits per heavy atom. The Bertz CT molecular complexity index is 700. The van der Waals surface area contributed by atoms with Crippen LogP contribution in [0.2, 0.25) is 0 Å². The molecule has 2 aliphatic heterocycles. The first-order chi connectivity index (χ1) is 12.3. The van der Waals surface area contributed by atoms with E-state index in [0.29, 0.717) is 12.0 Å². The number of benzene rings is 1. The summed E-state index contributed by atoms with van der Waals surface area (Å²) < 4.78 is 18.8. The summed E-state index contributed by atoms with van der Waals surface area (Å²) in [5, 5.41) is 0. The SMILES string of the molecule is Fc1ccc(-c2nccnc2C2CCCN(C3CCOCC3)C2)cc1. The summed E-state index contributed by atoms with van der Waals surface area (Å²) in [5.74, 6) is 0.155. The molecule has 0 N–H and O–H groups in total. The van der Waals surface area contributed by atoms with Gasteiger partial charge in [-0.05, 0) is 56.5 Å². The number of hydrogen-bond acceptors (Lipinski definition) is 4. The van der Waals surface area contributed by atoms with E-state index in [4.69, 9.17) is 4.74 Å². The lowest BCUT2D eigenvalue weighted by Crippen LogP contribution is -2.44. The highest BCUT2D eigenvalue weighted by Gasteiger charge is 2.30. The predicted molar refractivity (Wildman–Crippen MR) is 94.8 cm³/mol. The van der Waals surface area contributed by atoms with Gasteiger partial charge in [-0.15, -0.1) is 0 Å². The van der Waals surface area contributed by atoms with Crippen LogP contribution in [0.3, 0.4) is 0 Å². The van der Waals surface area contributed by atoms with Crippen LogP contribution in [0.25, 0.3) is 11.3 Å². The first kappa shape index (κ1) is 16.6. The second-order valence-electron chi connectivity index (χ2n) is 6.97. The second-order valence-corrected chi connectivity index (χ2v) is 6.97. The third-order valence-corrected chi connectivity index (χ3v) is 5.39. The van der Waals surface area contributed by atoms with Crippen LogP contribution in [0.5, 0.6) is 0 Å². The van der Waals surface area contributed by atoms with Crippen molar-refractivity contribution in [1.29, 1.82) is 0 Å². The lowest BCUT2D eigenvalue weighted by atomic mass is 9.90. The molecule has 2 aliphatic rings. The van der Waals surface area contributed by atoms with Crippen molar-refractivity contribution in [2.24, 2.45) is 0 Å². The molecule has 4 nitrogen and oxygen atoms in total. The number of ether oxygens (including phenoxy) is 1. The summed E-state index contributed by atoms with van der Waals surface area (Å²) >= 11 is 0. The molecule has 1 atom stereocenters. The van der Waals surface area contributed by atoms with Crippen LogP contribution < -0.4 is 0 Å². The smallest absolute Gasteiger partial charge is 0.123 e. The van der Waals surface area contributed by atoms with Crippen molar-refractivity contribution in [2.75, 3.05) is 26.3 Å². The van der Waals surface area contributed by atoms with Gasteiger partial charge >= 0.3 is 0 Å². The summed E-state index contributed by atoms with van der Waals surface area (Å²) in [6, 6.07) is 7.19. The zero-order valence-electron chi connectivity index (χ0n) is 14.4. The van der Waals surface area contributed by atoms with Gasteiger partial charge in [-0.25, -0.2) is 4.39 Å². The fraction of sp³-hybridized carbons (Fsp3) is 0.500. The lowest BCUT2D eigenvalue weighted by Gasteiger charge is -2.40. The minimum Gasteiger partial charge on any atom is -0.381 e. The zero-order chi connectivity index (χ0) is 17.1. The van der Waals surface area contributed by atoms with E-state index < -0.39 is 0 Å². The van der Waals surface area contributed by atoms with Crippen molar-refractivity contribution in [3.8, 4) is 11.3 Å². The molecule has 0 aliphatic carbocycles. The van der Waals surface area contributed by atoms with Gasteiger partial charge in [0.1, 0.15) is 5.82 Å². The van der Waals surface area contributed by atoms with Crippen molar-refractivity contribution >= 4 is 0 Å². The molecule has 5 heteroatoms. The van der Waals surface area contributed by atoms with Gasteiger partial charge in [0.2, 0.25) is 0 Å². The molecule has 2 fully saturated rings. The van der Waals surface area contributed by atoms with Crippen LogP contribution in [0.4, 0.5) is 4.39 Å². The van der Waals surface area contributed by atoms with Crippen molar-refractivity contribution in [2.45, 2.75) is 37.6 Å². The van der Waals surface area contributed by atoms with Crippen molar-refractivity contribution in [3.63, 3.8) is 0 Å². The monoisotopic (exact) mass is 341 g/mol. The average molecular weight is 341 g/mol. The molecule has 2 aromatic rings. The largest absolute Gasteiger partial charge is 0.381 e. The Hall–Kier alpha value is -1.85. The van der Waals surface area contributed by atoms with E-state index in [1.165, 1.54) is 18.6 Å². The summed E-state index contributed by atoms with van der Waals surface area (Å²) in [4.78, 5) is 11.9. The Labute approximate surface area is 148 Å². The number of halogens is 1. The summed E-state index contributed by atoms with van der Waals surface area (Å²) in [6.07, 6.45) is 8.06. The van der Waals surface area contributed by atoms with Gasteiger partial charge in [-0.2, -0.15) is 0 Å². The molecule has 0 spiro atoms. The quantitative estimate of drug-likeness (QED) is 0.854. The van der Waals surface area contributed by atoms with Crippen LogP contribution >= 0.6 is 0 Å². The second kappa shape index (κ2) is 7.58. The highest BCUT2D eigenvalue weighted by atomic mass is 19.1. The third kappa shape index (κ3) is 3.72. The number of hydrogen-bond donors (Lipinski definition) is 0. The Balaban J connectivity index is 1.57. The van der Waals surface area contributed by atoms with Gasteiger partial charge < -0.3 is 4.74 Å². The van der Waals surface area contributed by atoms with Crippen molar-refractivity contribution in [3.05, 3.63) is 48.2 Å². The molecular formula is C20H24FN3O. The molecule has 0 bridgehead atoms. The van der Waals surface area contributed by atoms with E-state index in [9.17, 15) is 4.39 Å². The maximum absolute atomic E-state index is 13.3. The molecule has 1 unspecified atom stereocenters. The number of rotatable bonds is 3. The highest BCUT2D eigenvalue weighted by molar-refractivity contribution is 5.62. The third-order valence-electron chi connectivity index (χ3n) is 5.39. The van der Waals surface area contributed by atoms with Gasteiger partial charge in [0, 0.05) is 49.7 Å². The van der Waals surface area contributed by atoms with Crippen molar-refractivity contribution in [1.82, 2.24) is 14.9 Å². The molecule has 1 aromatic carbocycles. The molecular weight excluding hydrogens is 317 g/mol. The average Bonchev–Trinajstić information content (AvgIpc) is 2.69. The topological polar surface area (TPSA) is 38.2 Å². The van der Waals surface area contributed by atoms with Gasteiger partial charge in [0.15, 0.2) is 0 Å². The standard InChI is InChI=1S/C20H24FN3O/c21-17-5-3-15(4-6-17)19-20(23-10-9-22-19)16-2-1-11-24(14-16)18-7-12-25-13-8-18/h3-6,9-10,16,18H,1-2,7-8,11-14H2. The van der Waals surface area contributed by atoms with Gasteiger partial charge in [-0.3, -0.25) is 14.9 Å². The highest BCUT2D eigenvalue weighted by Crippen LogP contribution is 2.33. The van der Waals surface area contributed by atoms with Crippen LogP contribution in [0, 0.1) is 5.82 Å². The number of aromatic nitrogens is 2. The van der Waals surface area contributed by atoms with Crippen LogP contribution in [-0.2, 0) is 4.74 Å². The van der Waals surface area contributed by atoms with E-state index in [1.54, 1.807) is 24.5 Å². The van der Waals surface area contributed by atoms with Crippen LogP contribution in [-0.4, -0.2) is 47.2 Å². The van der Waals surface area contributed by atoms with Crippen LogP contribution in [0.15, 0.2) is 36.7 Å². The minimum absolute atomic E-state index is 0.224. The lowest BCUT2D eigenvalue weighted by molar-refractivity contribution is 0.0238. The molecule has 0 amide bonds. The van der Waals surface area contributed by atoms with E-state index in [0.717, 1.165) is 62.5 Å². The zero-order valence-corrected chi connectivity index (χ0v) is 14.4. The fourth-order valence-corrected chi connectivity index (χ4v) is 4.09. The van der Waals surface area contributed by atoms with E-state index >= 15 is 0 Å². The Kier molecular flexibility index (Phi) is 5.04. The maximum atomic E-state index is 13.3. The van der Waals surface area contributed by atoms with E-state index in [2.05, 4.69) is 14.9 Å². The van der Waals surface area contributed by atoms with E-state index in [-0.39, 0.29) is 5.82 Å². The van der Waals surface area contributed by atoms with Gasteiger partial charge in [-0.1, -0.05) is 0 Å². The van der Waals surface area contributed by atoms with Crippen molar-refractivity contribution < 1.29 is 9.13 Å². The Morgan fingerprint density at radius 3 is 2.56 bits per heavy atom. The van der Waals surface area contributed by atoms with E-state index in [1.807, 2.05) is 0 Å². The summed E-state index contributed by atoms with van der Waals surface area (Å²) in [6.45, 7) is 3.93. The minimum atomic E-state index is -0.224. The Morgan fingerprint density at radius 2 is 1.76 bits per heavy atom. The summed E-state index contributed by atoms with van der Waals surface area (Å²) in [5.41, 5.74) is 2.87.